The summed E-state index contributed by atoms with van der Waals surface area (Å²) in [6.07, 6.45) is 5.38. The van der Waals surface area contributed by atoms with E-state index in [1.165, 1.54) is 0 Å². The molecule has 0 bridgehead atoms. The SMILES string of the molecule is CCNC(=O)c1ccc(NCCCc2ncc[nH]2)nn1. The van der Waals surface area contributed by atoms with Gasteiger partial charge in [0.15, 0.2) is 5.69 Å². The molecular formula is C13H18N6O. The molecule has 0 saturated carbocycles. The van der Waals surface area contributed by atoms with Crippen molar-refractivity contribution in [1.82, 2.24) is 25.5 Å². The van der Waals surface area contributed by atoms with Crippen molar-refractivity contribution in [3.63, 3.8) is 0 Å². The number of aromatic amines is 1. The Hall–Kier alpha value is -2.44. The van der Waals surface area contributed by atoms with E-state index in [1.54, 1.807) is 18.3 Å². The van der Waals surface area contributed by atoms with Crippen LogP contribution in [-0.2, 0) is 6.42 Å². The number of aromatic nitrogens is 4. The first kappa shape index (κ1) is 14.0. The molecule has 0 aliphatic heterocycles. The third-order valence-corrected chi connectivity index (χ3v) is 2.69. The Morgan fingerprint density at radius 2 is 2.25 bits per heavy atom. The number of aryl methyl sites for hydroxylation is 1. The third-order valence-electron chi connectivity index (χ3n) is 2.69. The van der Waals surface area contributed by atoms with Gasteiger partial charge in [0.2, 0.25) is 0 Å². The van der Waals surface area contributed by atoms with Crippen LogP contribution in [0, 0.1) is 0 Å². The van der Waals surface area contributed by atoms with Gasteiger partial charge in [-0.2, -0.15) is 0 Å². The lowest BCUT2D eigenvalue weighted by Crippen LogP contribution is -2.24. The first-order chi connectivity index (χ1) is 9.79. The fourth-order valence-corrected chi connectivity index (χ4v) is 1.71. The standard InChI is InChI=1S/C13H18N6O/c1-2-14-13(20)10-5-6-12(19-18-10)15-7-3-4-11-16-8-9-17-11/h5-6,8-9H,2-4,7H2,1H3,(H,14,20)(H,15,19)(H,16,17). The molecule has 0 aromatic carbocycles. The number of hydrogen-bond donors (Lipinski definition) is 3. The Balaban J connectivity index is 1.74. The van der Waals surface area contributed by atoms with Crippen LogP contribution in [0.2, 0.25) is 0 Å². The fourth-order valence-electron chi connectivity index (χ4n) is 1.71. The Kier molecular flexibility index (Phi) is 5.05. The Bertz CT molecular complexity index is 522. The van der Waals surface area contributed by atoms with E-state index >= 15 is 0 Å². The average Bonchev–Trinajstić information content (AvgIpc) is 2.98. The molecular weight excluding hydrogens is 256 g/mol. The molecule has 0 atom stereocenters. The van der Waals surface area contributed by atoms with Crippen molar-refractivity contribution in [2.75, 3.05) is 18.4 Å². The van der Waals surface area contributed by atoms with E-state index in [9.17, 15) is 4.79 Å². The van der Waals surface area contributed by atoms with Crippen LogP contribution in [0.25, 0.3) is 0 Å². The van der Waals surface area contributed by atoms with Crippen molar-refractivity contribution in [3.8, 4) is 0 Å². The van der Waals surface area contributed by atoms with Crippen LogP contribution < -0.4 is 10.6 Å². The van der Waals surface area contributed by atoms with Gasteiger partial charge in [0, 0.05) is 31.9 Å². The van der Waals surface area contributed by atoms with Crippen molar-refractivity contribution >= 4 is 11.7 Å². The van der Waals surface area contributed by atoms with Gasteiger partial charge in [0.05, 0.1) is 0 Å². The zero-order valence-corrected chi connectivity index (χ0v) is 11.4. The number of imidazole rings is 1. The number of H-pyrrole nitrogens is 1. The van der Waals surface area contributed by atoms with Crippen molar-refractivity contribution < 1.29 is 4.79 Å². The number of carbonyl (C=O) groups excluding carboxylic acids is 1. The molecule has 7 nitrogen and oxygen atoms in total. The predicted molar refractivity (Wildman–Crippen MR) is 75.4 cm³/mol. The lowest BCUT2D eigenvalue weighted by atomic mass is 10.3. The number of carbonyl (C=O) groups is 1. The minimum atomic E-state index is -0.204. The van der Waals surface area contributed by atoms with Gasteiger partial charge >= 0.3 is 0 Å². The van der Waals surface area contributed by atoms with Crippen molar-refractivity contribution in [2.45, 2.75) is 19.8 Å². The van der Waals surface area contributed by atoms with E-state index < -0.39 is 0 Å². The molecule has 1 amide bonds. The minimum absolute atomic E-state index is 0.204. The second-order valence-corrected chi connectivity index (χ2v) is 4.23. The molecule has 2 rings (SSSR count). The first-order valence-electron chi connectivity index (χ1n) is 6.63. The third kappa shape index (κ3) is 4.04. The maximum Gasteiger partial charge on any atom is 0.271 e. The second-order valence-electron chi connectivity index (χ2n) is 4.23. The summed E-state index contributed by atoms with van der Waals surface area (Å²) in [6.45, 7) is 3.21. The van der Waals surface area contributed by atoms with Gasteiger partial charge in [-0.25, -0.2) is 4.98 Å². The summed E-state index contributed by atoms with van der Waals surface area (Å²) in [4.78, 5) is 18.7. The number of nitrogens with one attached hydrogen (secondary N) is 3. The number of hydrogen-bond acceptors (Lipinski definition) is 5. The summed E-state index contributed by atoms with van der Waals surface area (Å²) in [7, 11) is 0. The van der Waals surface area contributed by atoms with Gasteiger partial charge in [-0.1, -0.05) is 0 Å². The highest BCUT2D eigenvalue weighted by Crippen LogP contribution is 2.03. The lowest BCUT2D eigenvalue weighted by molar-refractivity contribution is 0.0950. The molecule has 2 aromatic heterocycles. The summed E-state index contributed by atoms with van der Waals surface area (Å²) < 4.78 is 0. The van der Waals surface area contributed by atoms with E-state index in [0.29, 0.717) is 18.1 Å². The molecule has 0 aliphatic rings. The molecule has 0 saturated heterocycles. The monoisotopic (exact) mass is 274 g/mol. The van der Waals surface area contributed by atoms with Crippen molar-refractivity contribution in [3.05, 3.63) is 36.0 Å². The molecule has 20 heavy (non-hydrogen) atoms. The first-order valence-corrected chi connectivity index (χ1v) is 6.63. The maximum absolute atomic E-state index is 11.5. The Morgan fingerprint density at radius 3 is 2.90 bits per heavy atom. The smallest absolute Gasteiger partial charge is 0.271 e. The summed E-state index contributed by atoms with van der Waals surface area (Å²) in [5.74, 6) is 1.44. The maximum atomic E-state index is 11.5. The highest BCUT2D eigenvalue weighted by atomic mass is 16.1. The highest BCUT2D eigenvalue weighted by molar-refractivity contribution is 5.92. The van der Waals surface area contributed by atoms with Crippen molar-refractivity contribution in [2.24, 2.45) is 0 Å². The van der Waals surface area contributed by atoms with Gasteiger partial charge < -0.3 is 15.6 Å². The lowest BCUT2D eigenvalue weighted by Gasteiger charge is -2.05. The molecule has 0 spiro atoms. The number of rotatable bonds is 7. The zero-order valence-electron chi connectivity index (χ0n) is 11.4. The molecule has 3 N–H and O–H groups in total. The summed E-state index contributed by atoms with van der Waals surface area (Å²) in [6, 6.07) is 3.41. The van der Waals surface area contributed by atoms with Crippen molar-refractivity contribution in [1.29, 1.82) is 0 Å². The fraction of sp³-hybridized carbons (Fsp3) is 0.385. The van der Waals surface area contributed by atoms with Gasteiger partial charge in [0.25, 0.3) is 5.91 Å². The zero-order chi connectivity index (χ0) is 14.2. The summed E-state index contributed by atoms with van der Waals surface area (Å²) in [5, 5.41) is 13.7. The van der Waals surface area contributed by atoms with Gasteiger partial charge in [-0.05, 0) is 25.5 Å². The van der Waals surface area contributed by atoms with E-state index in [-0.39, 0.29) is 5.91 Å². The topological polar surface area (TPSA) is 95.6 Å². The molecule has 0 radical (unpaired) electrons. The van der Waals surface area contributed by atoms with E-state index in [0.717, 1.165) is 25.2 Å². The number of amides is 1. The van der Waals surface area contributed by atoms with Gasteiger partial charge in [-0.15, -0.1) is 10.2 Å². The van der Waals surface area contributed by atoms with Crippen LogP contribution in [-0.4, -0.2) is 39.2 Å². The largest absolute Gasteiger partial charge is 0.369 e. The van der Waals surface area contributed by atoms with Crippen LogP contribution >= 0.6 is 0 Å². The molecule has 2 aromatic rings. The Labute approximate surface area is 117 Å². The average molecular weight is 274 g/mol. The Morgan fingerprint density at radius 1 is 1.35 bits per heavy atom. The van der Waals surface area contributed by atoms with Crippen LogP contribution in [0.1, 0.15) is 29.7 Å². The van der Waals surface area contributed by atoms with Crippen LogP contribution in [0.15, 0.2) is 24.5 Å². The normalized spacial score (nSPS) is 10.2. The molecule has 0 fully saturated rings. The number of nitrogens with zero attached hydrogens (tertiary/aromatic N) is 3. The molecule has 0 unspecified atom stereocenters. The second kappa shape index (κ2) is 7.22. The molecule has 106 valence electrons. The highest BCUT2D eigenvalue weighted by Gasteiger charge is 2.06. The predicted octanol–water partition coefficient (Wildman–Crippen LogP) is 0.994. The van der Waals surface area contributed by atoms with Gasteiger partial charge in [0.1, 0.15) is 11.6 Å². The minimum Gasteiger partial charge on any atom is -0.369 e. The molecule has 7 heteroatoms. The molecule has 0 aliphatic carbocycles. The van der Waals surface area contributed by atoms with Crippen LogP contribution in [0.5, 0.6) is 0 Å². The van der Waals surface area contributed by atoms with E-state index in [4.69, 9.17) is 0 Å². The van der Waals surface area contributed by atoms with Gasteiger partial charge in [-0.3, -0.25) is 4.79 Å². The summed E-state index contributed by atoms with van der Waals surface area (Å²) >= 11 is 0. The van der Waals surface area contributed by atoms with E-state index in [2.05, 4.69) is 30.8 Å². The quantitative estimate of drug-likeness (QED) is 0.654. The number of anilines is 1. The van der Waals surface area contributed by atoms with E-state index in [1.807, 2.05) is 13.1 Å². The molecule has 2 heterocycles. The van der Waals surface area contributed by atoms with Crippen LogP contribution in [0.4, 0.5) is 5.82 Å². The van der Waals surface area contributed by atoms with Crippen LogP contribution in [0.3, 0.4) is 0 Å². The summed E-state index contributed by atoms with van der Waals surface area (Å²) in [5.41, 5.74) is 0.327.